The van der Waals surface area contributed by atoms with E-state index in [1.54, 1.807) is 23.3 Å². The van der Waals surface area contributed by atoms with Crippen molar-refractivity contribution in [3.05, 3.63) is 90.5 Å². The van der Waals surface area contributed by atoms with E-state index >= 15 is 0 Å². The number of hydrogen-bond acceptors (Lipinski definition) is 7. The molecule has 0 spiro atoms. The molecular weight excluding hydrogens is 522 g/mol. The zero-order valence-corrected chi connectivity index (χ0v) is 23.8. The molecule has 0 saturated carbocycles. The van der Waals surface area contributed by atoms with Gasteiger partial charge in [-0.05, 0) is 60.2 Å². The van der Waals surface area contributed by atoms with E-state index in [2.05, 4.69) is 52.7 Å². The maximum absolute atomic E-state index is 13.5. The lowest BCUT2D eigenvalue weighted by atomic mass is 9.89. The predicted molar refractivity (Wildman–Crippen MR) is 161 cm³/mol. The molecule has 5 rings (SSSR count). The van der Waals surface area contributed by atoms with E-state index in [0.717, 1.165) is 29.8 Å². The Labute approximate surface area is 239 Å². The quantitative estimate of drug-likeness (QED) is 0.231. The molecule has 3 aromatic carbocycles. The van der Waals surface area contributed by atoms with Crippen molar-refractivity contribution in [3.8, 4) is 10.4 Å². The van der Waals surface area contributed by atoms with Crippen LogP contribution in [-0.4, -0.2) is 66.2 Å². The fourth-order valence-electron chi connectivity index (χ4n) is 5.45. The van der Waals surface area contributed by atoms with E-state index < -0.39 is 24.2 Å². The second kappa shape index (κ2) is 12.9. The van der Waals surface area contributed by atoms with Crippen LogP contribution < -0.4 is 10.2 Å². The van der Waals surface area contributed by atoms with E-state index in [4.69, 9.17) is 4.84 Å². The summed E-state index contributed by atoms with van der Waals surface area (Å²) in [6, 6.07) is 28.2. The smallest absolute Gasteiger partial charge is 0.240 e. The van der Waals surface area contributed by atoms with Gasteiger partial charge in [-0.15, -0.1) is 11.3 Å². The number of aliphatic hydroxyl groups excluding tert-OH is 2. The highest BCUT2D eigenvalue weighted by atomic mass is 32.1. The molecule has 40 heavy (non-hydrogen) atoms. The van der Waals surface area contributed by atoms with Crippen molar-refractivity contribution in [3.63, 3.8) is 0 Å². The van der Waals surface area contributed by atoms with E-state index in [0.29, 0.717) is 13.1 Å². The summed E-state index contributed by atoms with van der Waals surface area (Å²) in [7, 11) is 2.03. The molecule has 1 amide bonds. The summed E-state index contributed by atoms with van der Waals surface area (Å²) in [5.74, 6) is -0.757. The van der Waals surface area contributed by atoms with E-state index in [1.165, 1.54) is 15.0 Å². The third-order valence-corrected chi connectivity index (χ3v) is 8.69. The first kappa shape index (κ1) is 28.3. The van der Waals surface area contributed by atoms with Gasteiger partial charge in [0.2, 0.25) is 5.91 Å². The fourth-order valence-corrected chi connectivity index (χ4v) is 6.51. The third kappa shape index (κ3) is 6.37. The van der Waals surface area contributed by atoms with Crippen LogP contribution in [0, 0.1) is 5.92 Å². The van der Waals surface area contributed by atoms with Crippen LogP contribution in [0.2, 0.25) is 0 Å². The molecule has 1 fully saturated rings. The Morgan fingerprint density at radius 2 is 1.85 bits per heavy atom. The average molecular weight is 560 g/mol. The second-order valence-corrected chi connectivity index (χ2v) is 11.5. The molecule has 1 aliphatic heterocycles. The summed E-state index contributed by atoms with van der Waals surface area (Å²) >= 11 is 1.75. The molecule has 7 nitrogen and oxygen atoms in total. The zero-order valence-electron chi connectivity index (χ0n) is 22.9. The van der Waals surface area contributed by atoms with Crippen molar-refractivity contribution in [1.82, 2.24) is 10.4 Å². The largest absolute Gasteiger partial charge is 0.394 e. The number of rotatable bonds is 11. The summed E-state index contributed by atoms with van der Waals surface area (Å²) < 4.78 is 1.24. The van der Waals surface area contributed by atoms with Gasteiger partial charge in [-0.3, -0.25) is 9.63 Å². The summed E-state index contributed by atoms with van der Waals surface area (Å²) in [5.41, 5.74) is 3.22. The number of fused-ring (bicyclic) bond motifs is 1. The molecular formula is C32H37N3O4S. The first-order valence-electron chi connectivity index (χ1n) is 13.8. The molecule has 1 aromatic heterocycles. The minimum atomic E-state index is -0.827. The lowest BCUT2D eigenvalue weighted by molar-refractivity contribution is -0.181. The Balaban J connectivity index is 1.27. The van der Waals surface area contributed by atoms with Gasteiger partial charge in [0.1, 0.15) is 12.1 Å². The average Bonchev–Trinajstić information content (AvgIpc) is 3.57. The fraction of sp³-hybridized carbons (Fsp3) is 0.344. The van der Waals surface area contributed by atoms with Gasteiger partial charge in [0, 0.05) is 41.3 Å². The van der Waals surface area contributed by atoms with Crippen LogP contribution >= 0.6 is 11.3 Å². The highest BCUT2D eigenvalue weighted by Gasteiger charge is 2.49. The van der Waals surface area contributed by atoms with Crippen LogP contribution in [0.3, 0.4) is 0 Å². The van der Waals surface area contributed by atoms with Gasteiger partial charge >= 0.3 is 0 Å². The van der Waals surface area contributed by atoms with Crippen molar-refractivity contribution < 1.29 is 19.8 Å². The van der Waals surface area contributed by atoms with Crippen LogP contribution in [0.25, 0.3) is 20.5 Å². The van der Waals surface area contributed by atoms with Crippen LogP contribution in [0.4, 0.5) is 5.69 Å². The molecule has 1 saturated heterocycles. The minimum absolute atomic E-state index is 0.204. The van der Waals surface area contributed by atoms with Crippen molar-refractivity contribution in [1.29, 1.82) is 0 Å². The number of nitrogens with zero attached hydrogens (tertiary/aromatic N) is 2. The Morgan fingerprint density at radius 1 is 1.07 bits per heavy atom. The number of anilines is 1. The van der Waals surface area contributed by atoms with Crippen molar-refractivity contribution >= 4 is 33.0 Å². The number of carbonyl (C=O) groups excluding carboxylic acids is 1. The molecule has 1 aliphatic rings. The molecule has 2 heterocycles. The summed E-state index contributed by atoms with van der Waals surface area (Å²) in [6.45, 7) is 3.01. The molecule has 0 aliphatic carbocycles. The molecule has 0 bridgehead atoms. The summed E-state index contributed by atoms with van der Waals surface area (Å²) in [6.07, 6.45) is -0.720. The number of hydroxylamine groups is 2. The van der Waals surface area contributed by atoms with Crippen LogP contribution in [0.15, 0.2) is 84.9 Å². The monoisotopic (exact) mass is 559 g/mol. The van der Waals surface area contributed by atoms with Crippen LogP contribution in [-0.2, 0) is 16.2 Å². The molecule has 4 aromatic rings. The molecule has 4 atom stereocenters. The third-order valence-electron chi connectivity index (χ3n) is 7.52. The number of aliphatic hydroxyl groups is 2. The van der Waals surface area contributed by atoms with E-state index in [9.17, 15) is 15.0 Å². The van der Waals surface area contributed by atoms with Crippen LogP contribution in [0.1, 0.15) is 18.9 Å². The standard InChI is InChI=1S/C32H37N3O4S/c1-22(37)30-27(21-36)39-35(31(30)32(38)33-16-9-17-34(2)26-13-4-3-5-14-26)20-23-10-8-12-24(18-23)29-19-25-11-6-7-15-28(25)40-29/h3-8,10-15,18-19,22,27,30-31,36-37H,9,16-17,20-21H2,1-2H3,(H,33,38)/t22?,27-,30?,31?/m1/s1. The maximum atomic E-state index is 13.5. The zero-order chi connectivity index (χ0) is 28.1. The topological polar surface area (TPSA) is 85.3 Å². The molecule has 8 heteroatoms. The van der Waals surface area contributed by atoms with E-state index in [1.807, 2.05) is 49.5 Å². The van der Waals surface area contributed by atoms with Gasteiger partial charge in [0.15, 0.2) is 0 Å². The highest BCUT2D eigenvalue weighted by molar-refractivity contribution is 7.22. The van der Waals surface area contributed by atoms with Crippen LogP contribution in [0.5, 0.6) is 0 Å². The van der Waals surface area contributed by atoms with Crippen molar-refractivity contribution in [2.75, 3.05) is 31.6 Å². The molecule has 3 N–H and O–H groups in total. The molecule has 0 radical (unpaired) electrons. The number of benzene rings is 3. The van der Waals surface area contributed by atoms with E-state index in [-0.39, 0.29) is 12.5 Å². The highest BCUT2D eigenvalue weighted by Crippen LogP contribution is 2.35. The Bertz CT molecular complexity index is 1380. The Kier molecular flexibility index (Phi) is 9.14. The lowest BCUT2D eigenvalue weighted by Gasteiger charge is -2.27. The SMILES string of the molecule is CC(O)C1C(C(=O)NCCCN(C)c2ccccc2)N(Cc2cccc(-c3cc4ccccc4s3)c2)O[C@@H]1CO. The predicted octanol–water partition coefficient (Wildman–Crippen LogP) is 4.68. The first-order chi connectivity index (χ1) is 19.4. The number of para-hydroxylation sites is 1. The molecule has 210 valence electrons. The Morgan fingerprint density at radius 3 is 2.60 bits per heavy atom. The second-order valence-electron chi connectivity index (χ2n) is 10.4. The number of nitrogens with one attached hydrogen (secondary N) is 1. The van der Waals surface area contributed by atoms with Gasteiger partial charge < -0.3 is 20.4 Å². The van der Waals surface area contributed by atoms with Gasteiger partial charge in [0.25, 0.3) is 0 Å². The number of amides is 1. The molecule has 3 unspecified atom stereocenters. The van der Waals surface area contributed by atoms with Gasteiger partial charge in [0.05, 0.1) is 19.3 Å². The normalized spacial score (nSPS) is 20.1. The lowest BCUT2D eigenvalue weighted by Crippen LogP contribution is -2.49. The number of carbonyl (C=O) groups is 1. The maximum Gasteiger partial charge on any atom is 0.240 e. The number of hydrogen-bond donors (Lipinski definition) is 3. The first-order valence-corrected chi connectivity index (χ1v) is 14.6. The van der Waals surface area contributed by atoms with Gasteiger partial charge in [-0.25, -0.2) is 0 Å². The summed E-state index contributed by atoms with van der Waals surface area (Å²) in [4.78, 5) is 22.9. The summed E-state index contributed by atoms with van der Waals surface area (Å²) in [5, 5.41) is 26.5. The van der Waals surface area contributed by atoms with Gasteiger partial charge in [-0.1, -0.05) is 54.6 Å². The van der Waals surface area contributed by atoms with Gasteiger partial charge in [-0.2, -0.15) is 5.06 Å². The van der Waals surface area contributed by atoms with Crippen molar-refractivity contribution in [2.45, 2.75) is 38.1 Å². The Hall–Kier alpha value is -3.27. The van der Waals surface area contributed by atoms with Crippen molar-refractivity contribution in [2.24, 2.45) is 5.92 Å². The minimum Gasteiger partial charge on any atom is -0.394 e. The number of thiophene rings is 1.